The summed E-state index contributed by atoms with van der Waals surface area (Å²) in [6, 6.07) is 0. The summed E-state index contributed by atoms with van der Waals surface area (Å²) in [6.45, 7) is 6.44. The Balaban J connectivity index is 4.50. The molecule has 0 aliphatic heterocycles. The minimum atomic E-state index is -0.815. The molecule has 0 heterocycles. The number of ether oxygens (including phenoxy) is 3. The molecule has 0 amide bonds. The van der Waals surface area contributed by atoms with E-state index in [2.05, 4.69) is 142 Å². The second kappa shape index (κ2) is 62.4. The van der Waals surface area contributed by atoms with Crippen LogP contribution in [0.5, 0.6) is 0 Å². The third-order valence-electron chi connectivity index (χ3n) is 12.9. The van der Waals surface area contributed by atoms with Crippen LogP contribution < -0.4 is 0 Å². The molecular weight excluding hydrogens is 925 g/mol. The molecule has 0 aromatic carbocycles. The third kappa shape index (κ3) is 60.6. The normalized spacial score (nSPS) is 12.9. The molecule has 0 saturated heterocycles. The molecule has 6 heteroatoms. The smallest absolute Gasteiger partial charge is 0.306 e. The van der Waals surface area contributed by atoms with Gasteiger partial charge < -0.3 is 14.2 Å². The lowest BCUT2D eigenvalue weighted by molar-refractivity contribution is -0.167. The van der Waals surface area contributed by atoms with Gasteiger partial charge in [-0.3, -0.25) is 14.4 Å². The molecule has 0 aromatic heterocycles. The van der Waals surface area contributed by atoms with Crippen molar-refractivity contribution >= 4 is 17.9 Å². The van der Waals surface area contributed by atoms with E-state index in [0.29, 0.717) is 19.3 Å². The van der Waals surface area contributed by atoms with E-state index in [0.717, 1.165) is 109 Å². The maximum atomic E-state index is 12.9. The van der Waals surface area contributed by atoms with Crippen molar-refractivity contribution in [1.82, 2.24) is 0 Å². The van der Waals surface area contributed by atoms with Gasteiger partial charge in [0.15, 0.2) is 6.10 Å². The molecule has 0 fully saturated rings. The van der Waals surface area contributed by atoms with E-state index in [4.69, 9.17) is 14.2 Å². The average molecular weight is 1040 g/mol. The van der Waals surface area contributed by atoms with Crippen LogP contribution in [0.1, 0.15) is 278 Å². The number of rotatable bonds is 55. The zero-order valence-corrected chi connectivity index (χ0v) is 48.8. The largest absolute Gasteiger partial charge is 0.462 e. The molecule has 426 valence electrons. The van der Waals surface area contributed by atoms with Crippen molar-refractivity contribution in [3.63, 3.8) is 0 Å². The maximum absolute atomic E-state index is 12.9. The molecule has 0 bridgehead atoms. The summed E-state index contributed by atoms with van der Waals surface area (Å²) in [5.41, 5.74) is 0. The predicted molar refractivity (Wildman–Crippen MR) is 325 cm³/mol. The molecule has 0 aliphatic carbocycles. The van der Waals surface area contributed by atoms with Gasteiger partial charge in [-0.25, -0.2) is 0 Å². The molecule has 1 unspecified atom stereocenters. The van der Waals surface area contributed by atoms with Crippen LogP contribution >= 0.6 is 0 Å². The molecule has 1 atom stereocenters. The second-order valence-corrected chi connectivity index (χ2v) is 20.2. The van der Waals surface area contributed by atoms with Gasteiger partial charge in [0.05, 0.1) is 0 Å². The van der Waals surface area contributed by atoms with E-state index in [1.54, 1.807) is 0 Å². The van der Waals surface area contributed by atoms with Crippen molar-refractivity contribution in [2.24, 2.45) is 0 Å². The monoisotopic (exact) mass is 1040 g/mol. The minimum absolute atomic E-state index is 0.106. The van der Waals surface area contributed by atoms with Crippen LogP contribution in [0.2, 0.25) is 0 Å². The molecule has 0 saturated carbocycles. The van der Waals surface area contributed by atoms with E-state index < -0.39 is 6.10 Å². The zero-order chi connectivity index (χ0) is 54.3. The Labute approximate surface area is 462 Å². The molecule has 0 aromatic rings. The third-order valence-corrected chi connectivity index (χ3v) is 12.9. The van der Waals surface area contributed by atoms with Crippen LogP contribution in [0.3, 0.4) is 0 Å². The van der Waals surface area contributed by atoms with E-state index in [-0.39, 0.29) is 37.5 Å². The quantitative estimate of drug-likeness (QED) is 0.0261. The Morgan fingerprint density at radius 2 is 0.533 bits per heavy atom. The van der Waals surface area contributed by atoms with Crippen molar-refractivity contribution in [2.45, 2.75) is 284 Å². The number of allylic oxidation sites excluding steroid dienone is 20. The molecule has 6 nitrogen and oxygen atoms in total. The lowest BCUT2D eigenvalue weighted by atomic mass is 10.1. The lowest BCUT2D eigenvalue weighted by Gasteiger charge is -2.18. The van der Waals surface area contributed by atoms with Gasteiger partial charge in [-0.2, -0.15) is 0 Å². The highest BCUT2D eigenvalue weighted by atomic mass is 16.6. The highest BCUT2D eigenvalue weighted by Gasteiger charge is 2.19. The van der Waals surface area contributed by atoms with Crippen molar-refractivity contribution in [3.05, 3.63) is 122 Å². The first-order valence-electron chi connectivity index (χ1n) is 31.0. The summed E-state index contributed by atoms with van der Waals surface area (Å²) < 4.78 is 16.9. The summed E-state index contributed by atoms with van der Waals surface area (Å²) >= 11 is 0. The Kier molecular flexibility index (Phi) is 58.9. The molecule has 0 rings (SSSR count). The fourth-order valence-corrected chi connectivity index (χ4v) is 8.28. The van der Waals surface area contributed by atoms with E-state index in [9.17, 15) is 14.4 Å². The number of carbonyl (C=O) groups excluding carboxylic acids is 3. The minimum Gasteiger partial charge on any atom is -0.462 e. The zero-order valence-electron chi connectivity index (χ0n) is 48.8. The number of unbranched alkanes of at least 4 members (excludes halogenated alkanes) is 24. The Morgan fingerprint density at radius 3 is 0.893 bits per heavy atom. The SMILES string of the molecule is CC/C=C\C/C=C\C/C=C\C/C=C\C/C=C\CCCC(=O)OCC(COC(=O)CCCCCCCCCCC/C=C\C/C=C\CCCCCCC)OC(=O)CCCCCCCC/C=C\C/C=C\C/C=C\CCCCC. The van der Waals surface area contributed by atoms with Gasteiger partial charge in [-0.05, 0) is 128 Å². The summed E-state index contributed by atoms with van der Waals surface area (Å²) in [5, 5.41) is 0. The Hall–Kier alpha value is -4.19. The van der Waals surface area contributed by atoms with Gasteiger partial charge in [-0.15, -0.1) is 0 Å². The molecule has 0 radical (unpaired) electrons. The van der Waals surface area contributed by atoms with Crippen LogP contribution in [0.4, 0.5) is 0 Å². The molecule has 0 aliphatic rings. The van der Waals surface area contributed by atoms with Crippen molar-refractivity contribution in [2.75, 3.05) is 13.2 Å². The van der Waals surface area contributed by atoms with E-state index in [1.165, 1.54) is 122 Å². The molecular formula is C69H114O6. The highest BCUT2D eigenvalue weighted by molar-refractivity contribution is 5.71. The van der Waals surface area contributed by atoms with Gasteiger partial charge in [0.25, 0.3) is 0 Å². The van der Waals surface area contributed by atoms with Gasteiger partial charge in [0.2, 0.25) is 0 Å². The Morgan fingerprint density at radius 1 is 0.280 bits per heavy atom. The van der Waals surface area contributed by atoms with Gasteiger partial charge in [-0.1, -0.05) is 251 Å². The summed E-state index contributed by atoms with van der Waals surface area (Å²) in [6.07, 6.45) is 86.2. The first-order valence-corrected chi connectivity index (χ1v) is 31.0. The van der Waals surface area contributed by atoms with E-state index >= 15 is 0 Å². The standard InChI is InChI=1S/C69H114O6/c1-4-7-10-13-16-19-22-25-28-31-33-34-36-38-41-44-47-50-53-56-59-62-68(71)74-65-66(64-73-67(70)61-58-55-52-49-46-43-40-37-30-27-24-21-18-15-12-9-6-3)75-69(72)63-60-57-54-51-48-45-42-39-35-32-29-26-23-20-17-14-11-8-5-2/h9,12,17-18,20-22,25-27,29-31,33,35,39-40,43,49,52,66H,4-8,10-11,13-16,19,23-24,28,32,34,36-38,41-42,44-48,50-51,53-65H2,1-3H3/b12-9-,20-17-,21-18-,25-22-,29-26-,30-27-,33-31-,39-35-,43-40-,52-49-. The lowest BCUT2D eigenvalue weighted by Crippen LogP contribution is -2.30. The number of hydrogen-bond donors (Lipinski definition) is 0. The van der Waals surface area contributed by atoms with Crippen LogP contribution in [0.15, 0.2) is 122 Å². The van der Waals surface area contributed by atoms with Gasteiger partial charge >= 0.3 is 17.9 Å². The first-order chi connectivity index (χ1) is 37.0. The van der Waals surface area contributed by atoms with Crippen LogP contribution in [-0.4, -0.2) is 37.2 Å². The molecule has 75 heavy (non-hydrogen) atoms. The predicted octanol–water partition coefficient (Wildman–Crippen LogP) is 21.2. The first kappa shape index (κ1) is 70.8. The summed E-state index contributed by atoms with van der Waals surface area (Å²) in [5.74, 6) is -0.981. The van der Waals surface area contributed by atoms with Gasteiger partial charge in [0, 0.05) is 19.3 Å². The van der Waals surface area contributed by atoms with Crippen molar-refractivity contribution in [3.8, 4) is 0 Å². The molecule has 0 N–H and O–H groups in total. The maximum Gasteiger partial charge on any atom is 0.306 e. The average Bonchev–Trinajstić information content (AvgIpc) is 3.41. The molecule has 0 spiro atoms. The Bertz CT molecular complexity index is 1570. The van der Waals surface area contributed by atoms with Crippen molar-refractivity contribution in [1.29, 1.82) is 0 Å². The fourth-order valence-electron chi connectivity index (χ4n) is 8.28. The number of esters is 3. The summed E-state index contributed by atoms with van der Waals surface area (Å²) in [4.78, 5) is 38.3. The summed E-state index contributed by atoms with van der Waals surface area (Å²) in [7, 11) is 0. The number of carbonyl (C=O) groups is 3. The van der Waals surface area contributed by atoms with Crippen LogP contribution in [-0.2, 0) is 28.6 Å². The van der Waals surface area contributed by atoms with Crippen LogP contribution in [0.25, 0.3) is 0 Å². The highest BCUT2D eigenvalue weighted by Crippen LogP contribution is 2.14. The van der Waals surface area contributed by atoms with Gasteiger partial charge in [0.1, 0.15) is 13.2 Å². The topological polar surface area (TPSA) is 78.9 Å². The van der Waals surface area contributed by atoms with E-state index in [1.807, 2.05) is 0 Å². The van der Waals surface area contributed by atoms with Crippen LogP contribution in [0, 0.1) is 0 Å². The fraction of sp³-hybridized carbons (Fsp3) is 0.667. The number of hydrogen-bond acceptors (Lipinski definition) is 6. The second-order valence-electron chi connectivity index (χ2n) is 20.2. The van der Waals surface area contributed by atoms with Crippen molar-refractivity contribution < 1.29 is 28.6 Å².